The molecule has 0 fully saturated rings. The summed E-state index contributed by atoms with van der Waals surface area (Å²) in [5.74, 6) is -0.312. The Labute approximate surface area is 193 Å². The lowest BCUT2D eigenvalue weighted by Gasteiger charge is -2.13. The van der Waals surface area contributed by atoms with Crippen LogP contribution in [0.5, 0.6) is 0 Å². The molecule has 0 aromatic heterocycles. The maximum absolute atomic E-state index is 12.6. The van der Waals surface area contributed by atoms with Crippen molar-refractivity contribution in [2.45, 2.75) is 32.2 Å². The van der Waals surface area contributed by atoms with Gasteiger partial charge in [-0.1, -0.05) is 55.5 Å². The molecular formula is C25H29N6O2+. The first-order valence-electron chi connectivity index (χ1n) is 11.3. The number of fused-ring (bicyclic) bond motifs is 1. The Morgan fingerprint density at radius 1 is 1.18 bits per heavy atom. The monoisotopic (exact) mass is 445 g/mol. The average Bonchev–Trinajstić information content (AvgIpc) is 3.50. The lowest BCUT2D eigenvalue weighted by atomic mass is 10.0. The molecule has 2 aromatic carbocycles. The van der Waals surface area contributed by atoms with Crippen LogP contribution in [0, 0.1) is 17.2 Å². The Balaban J connectivity index is 1.23. The molecule has 2 aromatic rings. The minimum Gasteiger partial charge on any atom is -0.354 e. The zero-order valence-electron chi connectivity index (χ0n) is 18.7. The van der Waals surface area contributed by atoms with Gasteiger partial charge in [0.15, 0.2) is 5.70 Å². The van der Waals surface area contributed by atoms with Gasteiger partial charge in [0.05, 0.1) is 18.8 Å². The minimum absolute atomic E-state index is 0.0192. The number of carbonyl (C=O) groups is 2. The Morgan fingerprint density at radius 2 is 1.88 bits per heavy atom. The van der Waals surface area contributed by atoms with E-state index in [1.54, 1.807) is 11.7 Å². The fourth-order valence-electron chi connectivity index (χ4n) is 4.19. The standard InChI is InChI=1S/C25H28N6O2/c1-2-17-7-9-18(10-8-17)22(15-26)28-25(33)23-16-31(30-29-23)12-11-27-24(32)21-13-19-5-3-4-6-20(19)14-21/h3-10,16,21-22,29-30H,2,11-14H2,1H3,(H,27,32)(H,28,33)/p+1. The van der Waals surface area contributed by atoms with Gasteiger partial charge >= 0.3 is 0 Å². The molecule has 0 spiro atoms. The largest absolute Gasteiger partial charge is 0.354 e. The van der Waals surface area contributed by atoms with Crippen molar-refractivity contribution in [3.05, 3.63) is 82.7 Å². The van der Waals surface area contributed by atoms with Crippen LogP contribution in [0.25, 0.3) is 0 Å². The number of benzene rings is 2. The predicted octanol–water partition coefficient (Wildman–Crippen LogP) is 0.601. The molecule has 5 N–H and O–H groups in total. The molecule has 1 heterocycles. The number of hydrogen-bond donors (Lipinski definition) is 4. The van der Waals surface area contributed by atoms with Crippen LogP contribution in [0.15, 0.2) is 60.4 Å². The Hall–Kier alpha value is -3.83. The summed E-state index contributed by atoms with van der Waals surface area (Å²) in [5, 5.41) is 17.1. The van der Waals surface area contributed by atoms with E-state index < -0.39 is 6.04 Å². The highest BCUT2D eigenvalue weighted by Crippen LogP contribution is 2.26. The molecule has 1 aliphatic heterocycles. The third-order valence-electron chi connectivity index (χ3n) is 6.14. The minimum atomic E-state index is -0.727. The van der Waals surface area contributed by atoms with Crippen molar-refractivity contribution in [3.8, 4) is 6.07 Å². The summed E-state index contributed by atoms with van der Waals surface area (Å²) in [6, 6.07) is 17.3. The third-order valence-corrected chi connectivity index (χ3v) is 6.14. The van der Waals surface area contributed by atoms with Crippen molar-refractivity contribution in [2.24, 2.45) is 5.92 Å². The average molecular weight is 446 g/mol. The van der Waals surface area contributed by atoms with E-state index in [9.17, 15) is 14.9 Å². The Bertz CT molecular complexity index is 1060. The van der Waals surface area contributed by atoms with Crippen LogP contribution in [-0.2, 0) is 28.9 Å². The maximum atomic E-state index is 12.6. The Morgan fingerprint density at radius 3 is 2.52 bits per heavy atom. The summed E-state index contributed by atoms with van der Waals surface area (Å²) in [6.07, 6.45) is 4.17. The van der Waals surface area contributed by atoms with Gasteiger partial charge in [-0.3, -0.25) is 9.59 Å². The highest BCUT2D eigenvalue weighted by molar-refractivity contribution is 5.93. The van der Waals surface area contributed by atoms with Gasteiger partial charge in [-0.2, -0.15) is 5.26 Å². The van der Waals surface area contributed by atoms with Gasteiger partial charge in [-0.25, -0.2) is 10.4 Å². The molecule has 4 rings (SSSR count). The summed E-state index contributed by atoms with van der Waals surface area (Å²) in [6.45, 7) is 3.08. The fraction of sp³-hybridized carbons (Fsp3) is 0.320. The van der Waals surface area contributed by atoms with E-state index in [1.165, 1.54) is 16.7 Å². The van der Waals surface area contributed by atoms with E-state index in [2.05, 4.69) is 41.2 Å². The van der Waals surface area contributed by atoms with Crippen LogP contribution in [-0.4, -0.2) is 29.9 Å². The molecule has 0 saturated heterocycles. The molecule has 0 saturated carbocycles. The van der Waals surface area contributed by atoms with Gasteiger partial charge in [0, 0.05) is 12.5 Å². The highest BCUT2D eigenvalue weighted by atomic mass is 16.2. The molecule has 8 heteroatoms. The van der Waals surface area contributed by atoms with Gasteiger partial charge < -0.3 is 10.6 Å². The lowest BCUT2D eigenvalue weighted by Crippen LogP contribution is -2.97. The van der Waals surface area contributed by atoms with E-state index in [0.717, 1.165) is 24.8 Å². The first-order chi connectivity index (χ1) is 16.1. The molecule has 2 amide bonds. The van der Waals surface area contributed by atoms with Gasteiger partial charge in [0.2, 0.25) is 5.91 Å². The summed E-state index contributed by atoms with van der Waals surface area (Å²) >= 11 is 0. The molecule has 0 radical (unpaired) electrons. The number of amides is 2. The number of nitrogens with one attached hydrogen (secondary N) is 3. The molecule has 1 unspecified atom stereocenters. The summed E-state index contributed by atoms with van der Waals surface area (Å²) < 4.78 is 0. The quantitative estimate of drug-likeness (QED) is 0.445. The normalized spacial score (nSPS) is 15.8. The first-order valence-corrected chi connectivity index (χ1v) is 11.3. The second kappa shape index (κ2) is 10.2. The number of nitriles is 1. The van der Waals surface area contributed by atoms with Crippen molar-refractivity contribution in [2.75, 3.05) is 13.1 Å². The molecule has 2 aliphatic rings. The van der Waals surface area contributed by atoms with Crippen LogP contribution < -0.4 is 21.6 Å². The van der Waals surface area contributed by atoms with E-state index in [4.69, 9.17) is 0 Å². The highest BCUT2D eigenvalue weighted by Gasteiger charge is 2.27. The zero-order valence-corrected chi connectivity index (χ0v) is 18.7. The number of rotatable bonds is 8. The number of nitrogens with zero attached hydrogens (tertiary/aromatic N) is 2. The molecule has 33 heavy (non-hydrogen) atoms. The second-order valence-corrected chi connectivity index (χ2v) is 8.35. The number of carbonyl (C=O) groups excluding carboxylic acids is 2. The van der Waals surface area contributed by atoms with Gasteiger partial charge in [0.25, 0.3) is 5.91 Å². The molecule has 1 aliphatic carbocycles. The topological polar surface area (TPSA) is 114 Å². The zero-order chi connectivity index (χ0) is 23.2. The van der Waals surface area contributed by atoms with Gasteiger partial charge in [0.1, 0.15) is 6.04 Å². The van der Waals surface area contributed by atoms with Crippen LogP contribution in [0.1, 0.15) is 35.2 Å². The number of aryl methyl sites for hydroxylation is 1. The van der Waals surface area contributed by atoms with Crippen molar-refractivity contribution in [1.29, 1.82) is 5.26 Å². The first kappa shape index (κ1) is 22.4. The summed E-state index contributed by atoms with van der Waals surface area (Å²) in [5.41, 5.74) is 9.42. The van der Waals surface area contributed by atoms with Gasteiger partial charge in [-0.15, -0.1) is 5.53 Å². The van der Waals surface area contributed by atoms with E-state index >= 15 is 0 Å². The molecule has 170 valence electrons. The van der Waals surface area contributed by atoms with Gasteiger partial charge in [-0.05, 0) is 41.5 Å². The van der Waals surface area contributed by atoms with Crippen LogP contribution in [0.3, 0.4) is 0 Å². The smallest absolute Gasteiger partial charge is 0.275 e. The molecule has 1 atom stereocenters. The van der Waals surface area contributed by atoms with E-state index in [0.29, 0.717) is 18.8 Å². The van der Waals surface area contributed by atoms with E-state index in [-0.39, 0.29) is 17.7 Å². The lowest BCUT2D eigenvalue weighted by molar-refractivity contribution is -0.822. The van der Waals surface area contributed by atoms with Crippen molar-refractivity contribution in [1.82, 2.24) is 21.1 Å². The van der Waals surface area contributed by atoms with Crippen LogP contribution in [0.2, 0.25) is 0 Å². The van der Waals surface area contributed by atoms with Crippen LogP contribution in [0.4, 0.5) is 0 Å². The van der Waals surface area contributed by atoms with Crippen LogP contribution >= 0.6 is 0 Å². The maximum Gasteiger partial charge on any atom is 0.275 e. The number of nitrogens with two attached hydrogens (primary N) is 1. The molecular weight excluding hydrogens is 416 g/mol. The second-order valence-electron chi connectivity index (χ2n) is 8.35. The molecule has 0 bridgehead atoms. The summed E-state index contributed by atoms with van der Waals surface area (Å²) in [4.78, 5) is 25.1. The number of quaternary nitrogens is 1. The van der Waals surface area contributed by atoms with Crippen molar-refractivity contribution >= 4 is 11.8 Å². The van der Waals surface area contributed by atoms with Crippen molar-refractivity contribution < 1.29 is 15.1 Å². The number of hydrogen-bond acceptors (Lipinski definition) is 5. The fourth-order valence-corrected chi connectivity index (χ4v) is 4.19. The van der Waals surface area contributed by atoms with Crippen molar-refractivity contribution in [3.63, 3.8) is 0 Å². The van der Waals surface area contributed by atoms with E-state index in [1.807, 2.05) is 41.4 Å². The predicted molar refractivity (Wildman–Crippen MR) is 123 cm³/mol. The summed E-state index contributed by atoms with van der Waals surface area (Å²) in [7, 11) is 0. The SMILES string of the molecule is CCc1ccc(C(C#N)NC(=O)C2=CN(CCNC(=O)C3Cc4ccccc4C3)[NH2+]N2)cc1. The molecule has 8 nitrogen and oxygen atoms in total. The third kappa shape index (κ3) is 5.33. The Kier molecular flexibility index (Phi) is 6.91.